The predicted octanol–water partition coefficient (Wildman–Crippen LogP) is 2.84. The van der Waals surface area contributed by atoms with Gasteiger partial charge in [0.05, 0.1) is 37.5 Å². The zero-order valence-corrected chi connectivity index (χ0v) is 13.4. The number of aliphatic hydroxyl groups is 1. The van der Waals surface area contributed by atoms with Crippen LogP contribution in [0.15, 0.2) is 29.3 Å². The molecule has 2 aromatic rings. The summed E-state index contributed by atoms with van der Waals surface area (Å²) in [5, 5.41) is 10.5. The van der Waals surface area contributed by atoms with Gasteiger partial charge in [-0.15, -0.1) is 0 Å². The van der Waals surface area contributed by atoms with Crippen LogP contribution in [-0.4, -0.2) is 36.1 Å². The first-order valence-corrected chi connectivity index (χ1v) is 7.70. The molecule has 0 aliphatic carbocycles. The minimum Gasteiger partial charge on any atom is -0.396 e. The molecular formula is C17H23N4O+. The smallest absolute Gasteiger partial charge is 0.210 e. The number of aliphatic hydroxyl groups excluding tert-OH is 1. The second-order valence-electron chi connectivity index (χ2n) is 6.48. The van der Waals surface area contributed by atoms with Crippen LogP contribution >= 0.6 is 0 Å². The molecule has 0 amide bonds. The third kappa shape index (κ3) is 2.17. The third-order valence-electron chi connectivity index (χ3n) is 4.24. The number of quaternary nitrogens is 1. The number of hydrogen-bond donors (Lipinski definition) is 2. The van der Waals surface area contributed by atoms with Crippen LogP contribution in [0.5, 0.6) is 0 Å². The Kier molecular flexibility index (Phi) is 3.62. The molecule has 1 aromatic heterocycles. The summed E-state index contributed by atoms with van der Waals surface area (Å²) in [5.41, 5.74) is 8.93. The van der Waals surface area contributed by atoms with Gasteiger partial charge in [-0.1, -0.05) is 26.0 Å². The molecule has 116 valence electrons. The molecule has 1 atom stereocenters. The molecule has 2 heterocycles. The average Bonchev–Trinajstić information content (AvgIpc) is 2.73. The van der Waals surface area contributed by atoms with Crippen LogP contribution in [0, 0.1) is 5.92 Å². The molecule has 0 fully saturated rings. The van der Waals surface area contributed by atoms with Gasteiger partial charge in [0.15, 0.2) is 17.2 Å². The Balaban J connectivity index is 2.30. The molecule has 0 bridgehead atoms. The minimum atomic E-state index is 0.0873. The van der Waals surface area contributed by atoms with Gasteiger partial charge < -0.3 is 10.8 Å². The summed E-state index contributed by atoms with van der Waals surface area (Å²) >= 11 is 0. The number of fused-ring (bicyclic) bond motifs is 3. The molecule has 3 rings (SSSR count). The predicted molar refractivity (Wildman–Crippen MR) is 92.4 cm³/mol. The fraction of sp³-hybridized carbons (Fsp3) is 0.412. The van der Waals surface area contributed by atoms with Gasteiger partial charge in [0.2, 0.25) is 5.84 Å². The van der Waals surface area contributed by atoms with Crippen LogP contribution < -0.4 is 10.2 Å². The molecule has 0 saturated carbocycles. The first-order valence-electron chi connectivity index (χ1n) is 7.70. The van der Waals surface area contributed by atoms with E-state index in [1.807, 2.05) is 18.2 Å². The Labute approximate surface area is 130 Å². The highest BCUT2D eigenvalue weighted by Gasteiger charge is 2.43. The summed E-state index contributed by atoms with van der Waals surface area (Å²) in [4.78, 5) is 9.22. The van der Waals surface area contributed by atoms with Gasteiger partial charge in [0.25, 0.3) is 0 Å². The number of hydrogen-bond acceptors (Lipinski definition) is 4. The fourth-order valence-electron chi connectivity index (χ4n) is 3.51. The van der Waals surface area contributed by atoms with E-state index < -0.39 is 0 Å². The highest BCUT2D eigenvalue weighted by Crippen LogP contribution is 2.48. The summed E-state index contributed by atoms with van der Waals surface area (Å²) in [5.74, 6) is 1.92. The van der Waals surface area contributed by atoms with E-state index in [1.54, 1.807) is 0 Å². The first-order chi connectivity index (χ1) is 10.5. The van der Waals surface area contributed by atoms with E-state index in [4.69, 9.17) is 10.7 Å². The molecule has 5 heteroatoms. The number of aliphatic imine (C=N–C) groups is 1. The maximum absolute atomic E-state index is 9.42. The number of amidine groups is 1. The molecule has 5 nitrogen and oxygen atoms in total. The lowest BCUT2D eigenvalue weighted by molar-refractivity contribution is 0.299. The minimum absolute atomic E-state index is 0.0873. The van der Waals surface area contributed by atoms with Gasteiger partial charge in [-0.2, -0.15) is 4.99 Å². The monoisotopic (exact) mass is 299 g/mol. The largest absolute Gasteiger partial charge is 0.396 e. The average molecular weight is 299 g/mol. The third-order valence-corrected chi connectivity index (χ3v) is 4.24. The number of aromatic nitrogens is 1. The van der Waals surface area contributed by atoms with E-state index in [0.29, 0.717) is 22.6 Å². The molecule has 1 aliphatic heterocycles. The van der Waals surface area contributed by atoms with Crippen molar-refractivity contribution in [3.05, 3.63) is 24.3 Å². The van der Waals surface area contributed by atoms with Gasteiger partial charge in [-0.3, -0.25) is 0 Å². The van der Waals surface area contributed by atoms with Crippen LogP contribution in [0.1, 0.15) is 20.3 Å². The van der Waals surface area contributed by atoms with Crippen molar-refractivity contribution in [3.8, 4) is 0 Å². The molecular weight excluding hydrogens is 276 g/mol. The van der Waals surface area contributed by atoms with Crippen LogP contribution in [0.2, 0.25) is 0 Å². The second-order valence-corrected chi connectivity index (χ2v) is 6.48. The highest BCUT2D eigenvalue weighted by atomic mass is 16.3. The fourth-order valence-corrected chi connectivity index (χ4v) is 3.51. The summed E-state index contributed by atoms with van der Waals surface area (Å²) < 4.78 is 0.598. The number of nitrogen functional groups attached to an aromatic ring is 1. The number of pyridine rings is 1. The molecule has 1 aliphatic rings. The second kappa shape index (κ2) is 5.34. The van der Waals surface area contributed by atoms with Gasteiger partial charge in [-0.05, 0) is 12.1 Å². The van der Waals surface area contributed by atoms with Crippen LogP contribution in [0.3, 0.4) is 0 Å². The van der Waals surface area contributed by atoms with E-state index in [1.165, 1.54) is 0 Å². The Bertz CT molecular complexity index is 754. The lowest BCUT2D eigenvalue weighted by Gasteiger charge is -2.32. The summed E-state index contributed by atoms with van der Waals surface area (Å²) in [6, 6.07) is 8.05. The number of rotatable bonds is 4. The lowest BCUT2D eigenvalue weighted by Crippen LogP contribution is -2.51. The number of nitrogens with two attached hydrogens (primary N) is 1. The number of nitrogens with zero attached hydrogens (tertiary/aromatic N) is 3. The van der Waals surface area contributed by atoms with E-state index in [0.717, 1.165) is 34.7 Å². The Hall–Kier alpha value is -1.98. The summed E-state index contributed by atoms with van der Waals surface area (Å²) in [6.45, 7) is 5.40. The van der Waals surface area contributed by atoms with Crippen molar-refractivity contribution in [2.24, 2.45) is 10.9 Å². The van der Waals surface area contributed by atoms with E-state index in [9.17, 15) is 5.11 Å². The molecule has 1 aromatic carbocycles. The quantitative estimate of drug-likeness (QED) is 0.853. The van der Waals surface area contributed by atoms with Crippen molar-refractivity contribution < 1.29 is 5.11 Å². The zero-order valence-electron chi connectivity index (χ0n) is 13.4. The normalized spacial score (nSPS) is 20.5. The van der Waals surface area contributed by atoms with Crippen LogP contribution in [-0.2, 0) is 0 Å². The van der Waals surface area contributed by atoms with Gasteiger partial charge in [-0.25, -0.2) is 9.47 Å². The molecule has 0 saturated heterocycles. The van der Waals surface area contributed by atoms with Gasteiger partial charge >= 0.3 is 0 Å². The van der Waals surface area contributed by atoms with Crippen molar-refractivity contribution >= 4 is 33.9 Å². The maximum atomic E-state index is 9.42. The highest BCUT2D eigenvalue weighted by molar-refractivity contribution is 6.12. The molecule has 0 radical (unpaired) electrons. The standard InChI is InChI=1S/C17H23N4O/c1-11(2)10-21(3)14(8-9-22)20-15-16(21)12-6-4-5-7-13(12)19-17(15)18/h4-7,11,22H,8-10H2,1-3H3,(H2,18,19)/q+1. The maximum Gasteiger partial charge on any atom is 0.210 e. The van der Waals surface area contributed by atoms with Gasteiger partial charge in [0, 0.05) is 5.92 Å². The van der Waals surface area contributed by atoms with E-state index in [2.05, 4.69) is 31.9 Å². The Morgan fingerprint density at radius 3 is 2.68 bits per heavy atom. The van der Waals surface area contributed by atoms with Crippen molar-refractivity contribution in [1.82, 2.24) is 9.47 Å². The first kappa shape index (κ1) is 14.9. The molecule has 1 unspecified atom stereocenters. The van der Waals surface area contributed by atoms with Crippen LogP contribution in [0.4, 0.5) is 17.2 Å². The van der Waals surface area contributed by atoms with E-state index >= 15 is 0 Å². The van der Waals surface area contributed by atoms with Crippen molar-refractivity contribution in [1.29, 1.82) is 0 Å². The van der Waals surface area contributed by atoms with Gasteiger partial charge in [0.1, 0.15) is 0 Å². The number of anilines is 1. The van der Waals surface area contributed by atoms with Crippen molar-refractivity contribution in [2.45, 2.75) is 20.3 Å². The van der Waals surface area contributed by atoms with Crippen LogP contribution in [0.25, 0.3) is 10.9 Å². The summed E-state index contributed by atoms with van der Waals surface area (Å²) in [7, 11) is 2.16. The SMILES string of the molecule is CC(C)C[N+]1(C)C(CCO)=Nc2c(N)nc3ccccc3c21. The summed E-state index contributed by atoms with van der Waals surface area (Å²) in [6.07, 6.45) is 0.547. The topological polar surface area (TPSA) is 71.5 Å². The molecule has 22 heavy (non-hydrogen) atoms. The van der Waals surface area contributed by atoms with Crippen molar-refractivity contribution in [2.75, 3.05) is 25.9 Å². The number of benzene rings is 1. The number of para-hydroxylation sites is 1. The lowest BCUT2D eigenvalue weighted by atomic mass is 10.1. The molecule has 0 spiro atoms. The van der Waals surface area contributed by atoms with Crippen molar-refractivity contribution in [3.63, 3.8) is 0 Å². The van der Waals surface area contributed by atoms with E-state index in [-0.39, 0.29) is 6.61 Å². The Morgan fingerprint density at radius 2 is 2.00 bits per heavy atom. The molecule has 3 N–H and O–H groups in total. The zero-order chi connectivity index (χ0) is 15.9. The Morgan fingerprint density at radius 1 is 1.27 bits per heavy atom.